The van der Waals surface area contributed by atoms with Gasteiger partial charge in [0, 0.05) is 31.4 Å². The van der Waals surface area contributed by atoms with Crippen LogP contribution in [0.5, 0.6) is 0 Å². The Bertz CT molecular complexity index is 878. The summed E-state index contributed by atoms with van der Waals surface area (Å²) in [5.74, 6) is 0.866. The van der Waals surface area contributed by atoms with Crippen LogP contribution in [0.4, 0.5) is 5.69 Å². The van der Waals surface area contributed by atoms with E-state index in [0.29, 0.717) is 6.54 Å². The Morgan fingerprint density at radius 3 is 2.69 bits per heavy atom. The normalized spacial score (nSPS) is 15.1. The first-order valence-electron chi connectivity index (χ1n) is 9.06. The molecule has 6 nitrogen and oxygen atoms in total. The Hall–Kier alpha value is -2.60. The summed E-state index contributed by atoms with van der Waals surface area (Å²) in [6.45, 7) is 10.8. The van der Waals surface area contributed by atoms with E-state index in [2.05, 4.69) is 57.4 Å². The number of benzene rings is 1. The summed E-state index contributed by atoms with van der Waals surface area (Å²) in [4.78, 5) is 4.86. The van der Waals surface area contributed by atoms with E-state index in [-0.39, 0.29) is 0 Å². The zero-order chi connectivity index (χ0) is 18.1. The highest BCUT2D eigenvalue weighted by Gasteiger charge is 2.22. The second kappa shape index (κ2) is 6.96. The minimum absolute atomic E-state index is 0.696. The molecular weight excluding hydrogens is 326 g/mol. The van der Waals surface area contributed by atoms with Crippen LogP contribution in [0.2, 0.25) is 0 Å². The summed E-state index contributed by atoms with van der Waals surface area (Å²) in [5, 5.41) is 8.55. The maximum absolute atomic E-state index is 5.25. The molecule has 136 valence electrons. The maximum Gasteiger partial charge on any atom is 0.138 e. The summed E-state index contributed by atoms with van der Waals surface area (Å²) in [6, 6.07) is 8.62. The van der Waals surface area contributed by atoms with Crippen molar-refractivity contribution in [3.63, 3.8) is 0 Å². The molecule has 0 radical (unpaired) electrons. The molecule has 2 aromatic heterocycles. The maximum atomic E-state index is 5.25. The summed E-state index contributed by atoms with van der Waals surface area (Å²) in [5.41, 5.74) is 5.98. The number of aromatic nitrogens is 3. The van der Waals surface area contributed by atoms with E-state index in [0.717, 1.165) is 43.3 Å². The van der Waals surface area contributed by atoms with E-state index in [4.69, 9.17) is 4.52 Å². The van der Waals surface area contributed by atoms with Crippen molar-refractivity contribution < 1.29 is 4.52 Å². The molecule has 1 aliphatic heterocycles. The third-order valence-electron chi connectivity index (χ3n) is 5.20. The van der Waals surface area contributed by atoms with Crippen molar-refractivity contribution in [1.29, 1.82) is 0 Å². The third kappa shape index (κ3) is 3.37. The van der Waals surface area contributed by atoms with Crippen molar-refractivity contribution in [2.75, 3.05) is 24.7 Å². The summed E-state index contributed by atoms with van der Waals surface area (Å²) < 4.78 is 7.21. The molecule has 0 saturated carbocycles. The lowest BCUT2D eigenvalue weighted by Gasteiger charge is -2.19. The first kappa shape index (κ1) is 16.8. The molecule has 6 heteroatoms. The van der Waals surface area contributed by atoms with Gasteiger partial charge in [-0.25, -0.2) is 0 Å². The molecule has 0 aliphatic carbocycles. The zero-order valence-electron chi connectivity index (χ0n) is 15.6. The largest absolute Gasteiger partial charge is 0.361 e. The minimum atomic E-state index is 0.696. The van der Waals surface area contributed by atoms with E-state index < -0.39 is 0 Å². The Morgan fingerprint density at radius 2 is 1.92 bits per heavy atom. The standard InChI is InChI=1S/C20H25N5O/c1-15-6-4-5-7-18(15)11-23-8-9-24(14-23)19-10-21-25(12-19)13-20-16(2)22-26-17(20)3/h4-7,10,12H,8-9,11,13-14H2,1-3H3. The Kier molecular flexibility index (Phi) is 4.51. The van der Waals surface area contributed by atoms with Crippen LogP contribution in [-0.2, 0) is 13.1 Å². The SMILES string of the molecule is Cc1ccccc1CN1CCN(c2cnn(Cc3c(C)noc3C)c2)C1. The fourth-order valence-electron chi connectivity index (χ4n) is 3.51. The van der Waals surface area contributed by atoms with Gasteiger partial charge in [-0.15, -0.1) is 0 Å². The zero-order valence-corrected chi connectivity index (χ0v) is 15.6. The molecule has 0 unspecified atom stereocenters. The molecule has 26 heavy (non-hydrogen) atoms. The van der Waals surface area contributed by atoms with Gasteiger partial charge < -0.3 is 9.42 Å². The van der Waals surface area contributed by atoms with Gasteiger partial charge in [-0.2, -0.15) is 5.10 Å². The van der Waals surface area contributed by atoms with Crippen LogP contribution in [0, 0.1) is 20.8 Å². The van der Waals surface area contributed by atoms with Gasteiger partial charge in [-0.3, -0.25) is 9.58 Å². The Balaban J connectivity index is 1.40. The molecule has 3 aromatic rings. The lowest BCUT2D eigenvalue weighted by atomic mass is 10.1. The molecule has 0 atom stereocenters. The molecule has 0 bridgehead atoms. The molecule has 4 rings (SSSR count). The summed E-state index contributed by atoms with van der Waals surface area (Å²) in [7, 11) is 0. The van der Waals surface area contributed by atoms with E-state index in [1.165, 1.54) is 16.8 Å². The average Bonchev–Trinajstić information content (AvgIpc) is 3.34. The number of hydrogen-bond donors (Lipinski definition) is 0. The smallest absolute Gasteiger partial charge is 0.138 e. The predicted molar refractivity (Wildman–Crippen MR) is 101 cm³/mol. The number of anilines is 1. The second-order valence-corrected chi connectivity index (χ2v) is 7.08. The van der Waals surface area contributed by atoms with Gasteiger partial charge in [0.05, 0.1) is 30.8 Å². The van der Waals surface area contributed by atoms with Crippen LogP contribution in [0.25, 0.3) is 0 Å². The highest BCUT2D eigenvalue weighted by Crippen LogP contribution is 2.21. The summed E-state index contributed by atoms with van der Waals surface area (Å²) in [6.07, 6.45) is 4.07. The van der Waals surface area contributed by atoms with E-state index in [1.54, 1.807) is 0 Å². The van der Waals surface area contributed by atoms with Crippen molar-refractivity contribution in [1.82, 2.24) is 19.8 Å². The molecule has 1 saturated heterocycles. The van der Waals surface area contributed by atoms with Crippen LogP contribution >= 0.6 is 0 Å². The van der Waals surface area contributed by atoms with Crippen molar-refractivity contribution in [3.8, 4) is 0 Å². The van der Waals surface area contributed by atoms with Crippen LogP contribution in [0.3, 0.4) is 0 Å². The number of aryl methyl sites for hydroxylation is 3. The van der Waals surface area contributed by atoms with Gasteiger partial charge >= 0.3 is 0 Å². The minimum Gasteiger partial charge on any atom is -0.361 e. The fourth-order valence-corrected chi connectivity index (χ4v) is 3.51. The Morgan fingerprint density at radius 1 is 1.08 bits per heavy atom. The summed E-state index contributed by atoms with van der Waals surface area (Å²) >= 11 is 0. The molecular formula is C20H25N5O. The highest BCUT2D eigenvalue weighted by atomic mass is 16.5. The monoisotopic (exact) mass is 351 g/mol. The molecule has 3 heterocycles. The molecule has 0 amide bonds. The van der Waals surface area contributed by atoms with Crippen LogP contribution in [0.15, 0.2) is 41.2 Å². The average molecular weight is 351 g/mol. The predicted octanol–water partition coefficient (Wildman–Crippen LogP) is 3.12. The van der Waals surface area contributed by atoms with Gasteiger partial charge in [0.15, 0.2) is 0 Å². The van der Waals surface area contributed by atoms with E-state index in [9.17, 15) is 0 Å². The first-order chi connectivity index (χ1) is 12.6. The van der Waals surface area contributed by atoms with E-state index >= 15 is 0 Å². The molecule has 1 fully saturated rings. The molecule has 0 N–H and O–H groups in total. The van der Waals surface area contributed by atoms with Gasteiger partial charge in [0.2, 0.25) is 0 Å². The van der Waals surface area contributed by atoms with Crippen molar-refractivity contribution in [3.05, 3.63) is 64.8 Å². The lowest BCUT2D eigenvalue weighted by molar-refractivity contribution is 0.333. The fraction of sp³-hybridized carbons (Fsp3) is 0.400. The van der Waals surface area contributed by atoms with Crippen molar-refractivity contribution in [2.45, 2.75) is 33.9 Å². The Labute approximate surface area is 154 Å². The van der Waals surface area contributed by atoms with Gasteiger partial charge in [-0.1, -0.05) is 29.4 Å². The number of hydrogen-bond acceptors (Lipinski definition) is 5. The van der Waals surface area contributed by atoms with Gasteiger partial charge in [0.1, 0.15) is 5.76 Å². The quantitative estimate of drug-likeness (QED) is 0.707. The van der Waals surface area contributed by atoms with Crippen LogP contribution in [-0.4, -0.2) is 39.6 Å². The van der Waals surface area contributed by atoms with Crippen molar-refractivity contribution >= 4 is 5.69 Å². The van der Waals surface area contributed by atoms with Crippen molar-refractivity contribution in [2.24, 2.45) is 0 Å². The molecule has 1 aliphatic rings. The number of nitrogens with zero attached hydrogens (tertiary/aromatic N) is 5. The van der Waals surface area contributed by atoms with Crippen LogP contribution < -0.4 is 4.90 Å². The van der Waals surface area contributed by atoms with E-state index in [1.807, 2.05) is 24.7 Å². The lowest BCUT2D eigenvalue weighted by Crippen LogP contribution is -2.25. The third-order valence-corrected chi connectivity index (χ3v) is 5.20. The highest BCUT2D eigenvalue weighted by molar-refractivity contribution is 5.43. The van der Waals surface area contributed by atoms with Gasteiger partial charge in [-0.05, 0) is 31.9 Å². The molecule has 1 aromatic carbocycles. The van der Waals surface area contributed by atoms with Crippen LogP contribution in [0.1, 0.15) is 28.1 Å². The number of rotatable bonds is 5. The second-order valence-electron chi connectivity index (χ2n) is 7.08. The first-order valence-corrected chi connectivity index (χ1v) is 9.06. The van der Waals surface area contributed by atoms with Gasteiger partial charge in [0.25, 0.3) is 0 Å². The molecule has 0 spiro atoms. The topological polar surface area (TPSA) is 50.3 Å².